The van der Waals surface area contributed by atoms with Crippen LogP contribution in [0.3, 0.4) is 0 Å². The Hall–Kier alpha value is -2.56. The number of nitrogens with zero attached hydrogens (tertiary/aromatic N) is 1. The number of pyridine rings is 1. The summed E-state index contributed by atoms with van der Waals surface area (Å²) in [7, 11) is 0. The number of ether oxygens (including phenoxy) is 1. The number of carboxylic acid groups (broad SMARTS) is 1. The lowest BCUT2D eigenvalue weighted by Crippen LogP contribution is -2.24. The number of benzene rings is 1. The summed E-state index contributed by atoms with van der Waals surface area (Å²) >= 11 is 0. The largest absolute Gasteiger partial charge is 0.488 e. The Bertz CT molecular complexity index is 618. The molecule has 1 atom stereocenters. The van der Waals surface area contributed by atoms with Gasteiger partial charge in [0, 0.05) is 12.6 Å². The average molecular weight is 270 g/mol. The third kappa shape index (κ3) is 2.56. The molecule has 0 spiro atoms. The fourth-order valence-corrected chi connectivity index (χ4v) is 2.25. The van der Waals surface area contributed by atoms with Crippen LogP contribution in [0, 0.1) is 0 Å². The topological polar surface area (TPSA) is 71.5 Å². The normalized spacial score (nSPS) is 16.3. The third-order valence-electron chi connectivity index (χ3n) is 3.23. The molecule has 1 aromatic carbocycles. The molecule has 1 aliphatic heterocycles. The minimum atomic E-state index is -0.958. The quantitative estimate of drug-likeness (QED) is 0.891. The molecule has 0 fully saturated rings. The molecule has 0 aliphatic carbocycles. The second kappa shape index (κ2) is 5.21. The summed E-state index contributed by atoms with van der Waals surface area (Å²) in [4.78, 5) is 15.0. The van der Waals surface area contributed by atoms with Gasteiger partial charge in [0.25, 0.3) is 0 Å². The van der Waals surface area contributed by atoms with Crippen LogP contribution in [0.5, 0.6) is 5.75 Å². The van der Waals surface area contributed by atoms with E-state index < -0.39 is 5.97 Å². The molecule has 5 heteroatoms. The van der Waals surface area contributed by atoms with Gasteiger partial charge >= 0.3 is 5.97 Å². The molecule has 1 aliphatic rings. The van der Waals surface area contributed by atoms with E-state index in [0.717, 1.165) is 12.2 Å². The van der Waals surface area contributed by atoms with Gasteiger partial charge in [-0.25, -0.2) is 9.78 Å². The molecule has 3 rings (SSSR count). The van der Waals surface area contributed by atoms with Crippen molar-refractivity contribution in [1.29, 1.82) is 0 Å². The minimum absolute atomic E-state index is 0.0442. The van der Waals surface area contributed by atoms with E-state index in [-0.39, 0.29) is 11.7 Å². The van der Waals surface area contributed by atoms with E-state index in [1.165, 1.54) is 23.9 Å². The molecule has 0 saturated carbocycles. The van der Waals surface area contributed by atoms with Gasteiger partial charge < -0.3 is 15.2 Å². The van der Waals surface area contributed by atoms with Crippen molar-refractivity contribution in [1.82, 2.24) is 4.98 Å². The van der Waals surface area contributed by atoms with E-state index in [1.807, 2.05) is 18.2 Å². The zero-order valence-electron chi connectivity index (χ0n) is 10.7. The number of anilines is 1. The Balaban J connectivity index is 1.61. The Morgan fingerprint density at radius 1 is 1.40 bits per heavy atom. The van der Waals surface area contributed by atoms with Gasteiger partial charge in [0.15, 0.2) is 0 Å². The van der Waals surface area contributed by atoms with Crippen LogP contribution in [0.15, 0.2) is 42.6 Å². The highest BCUT2D eigenvalue weighted by atomic mass is 16.5. The predicted octanol–water partition coefficient (Wildman–Crippen LogP) is 2.20. The van der Waals surface area contributed by atoms with Crippen LogP contribution in [0.2, 0.25) is 0 Å². The van der Waals surface area contributed by atoms with E-state index in [1.54, 1.807) is 0 Å². The van der Waals surface area contributed by atoms with Crippen molar-refractivity contribution in [3.8, 4) is 5.75 Å². The van der Waals surface area contributed by atoms with E-state index >= 15 is 0 Å². The molecular formula is C15H14N2O3. The second-order valence-electron chi connectivity index (χ2n) is 4.67. The summed E-state index contributed by atoms with van der Waals surface area (Å²) in [6.07, 6.45) is 2.38. The van der Waals surface area contributed by atoms with Gasteiger partial charge in [-0.15, -0.1) is 0 Å². The Kier molecular flexibility index (Phi) is 3.25. The highest BCUT2D eigenvalue weighted by Gasteiger charge is 2.22. The molecule has 1 unspecified atom stereocenters. The second-order valence-corrected chi connectivity index (χ2v) is 4.67. The summed E-state index contributed by atoms with van der Waals surface area (Å²) < 4.78 is 5.80. The van der Waals surface area contributed by atoms with Crippen molar-refractivity contribution in [2.75, 3.05) is 11.9 Å². The molecule has 2 aromatic rings. The van der Waals surface area contributed by atoms with Crippen LogP contribution in [0.4, 0.5) is 5.82 Å². The lowest BCUT2D eigenvalue weighted by molar-refractivity contribution is 0.0697. The predicted molar refractivity (Wildman–Crippen MR) is 74.2 cm³/mol. The number of hydrogen-bond donors (Lipinski definition) is 2. The van der Waals surface area contributed by atoms with E-state index in [2.05, 4.69) is 16.4 Å². The maximum absolute atomic E-state index is 10.9. The number of rotatable bonds is 4. The summed E-state index contributed by atoms with van der Waals surface area (Å²) in [5, 5.41) is 12.0. The van der Waals surface area contributed by atoms with Gasteiger partial charge in [0.05, 0.1) is 12.1 Å². The lowest BCUT2D eigenvalue weighted by atomic mass is 10.1. The van der Waals surface area contributed by atoms with Crippen molar-refractivity contribution >= 4 is 11.8 Å². The summed E-state index contributed by atoms with van der Waals surface area (Å²) in [6, 6.07) is 10.9. The molecule has 0 radical (unpaired) electrons. The number of carboxylic acids is 1. The van der Waals surface area contributed by atoms with Crippen molar-refractivity contribution in [2.24, 2.45) is 0 Å². The molecule has 0 bridgehead atoms. The van der Waals surface area contributed by atoms with Gasteiger partial charge in [0.2, 0.25) is 0 Å². The summed E-state index contributed by atoms with van der Waals surface area (Å²) in [5.74, 6) is 0.510. The van der Waals surface area contributed by atoms with Gasteiger partial charge in [-0.1, -0.05) is 18.2 Å². The standard InChI is InChI=1S/C15H14N2O3/c18-15(19)11-5-6-16-14(8-11)17-9-12-7-10-3-1-2-4-13(10)20-12/h1-6,8,12H,7,9H2,(H,16,17)(H,18,19). The Labute approximate surface area is 116 Å². The minimum Gasteiger partial charge on any atom is -0.488 e. The highest BCUT2D eigenvalue weighted by Crippen LogP contribution is 2.28. The molecule has 2 heterocycles. The number of aromatic nitrogens is 1. The maximum atomic E-state index is 10.9. The van der Waals surface area contributed by atoms with E-state index in [4.69, 9.17) is 9.84 Å². The number of carbonyl (C=O) groups is 1. The van der Waals surface area contributed by atoms with Gasteiger partial charge in [0.1, 0.15) is 17.7 Å². The number of nitrogens with one attached hydrogen (secondary N) is 1. The van der Waals surface area contributed by atoms with Crippen molar-refractivity contribution in [2.45, 2.75) is 12.5 Å². The number of para-hydroxylation sites is 1. The SMILES string of the molecule is O=C(O)c1ccnc(NCC2Cc3ccccc3O2)c1. The fraction of sp³-hybridized carbons (Fsp3) is 0.200. The summed E-state index contributed by atoms with van der Waals surface area (Å²) in [6.45, 7) is 0.588. The maximum Gasteiger partial charge on any atom is 0.335 e. The first-order valence-electron chi connectivity index (χ1n) is 6.40. The van der Waals surface area contributed by atoms with E-state index in [0.29, 0.717) is 12.4 Å². The lowest BCUT2D eigenvalue weighted by Gasteiger charge is -2.12. The van der Waals surface area contributed by atoms with Gasteiger partial charge in [-0.05, 0) is 23.8 Å². The van der Waals surface area contributed by atoms with Gasteiger partial charge in [-0.2, -0.15) is 0 Å². The molecule has 0 saturated heterocycles. The fourth-order valence-electron chi connectivity index (χ4n) is 2.25. The first-order chi connectivity index (χ1) is 9.72. The van der Waals surface area contributed by atoms with Crippen LogP contribution in [-0.2, 0) is 6.42 Å². The third-order valence-corrected chi connectivity index (χ3v) is 3.23. The molecule has 2 N–H and O–H groups in total. The zero-order valence-corrected chi connectivity index (χ0v) is 10.7. The van der Waals surface area contributed by atoms with Crippen molar-refractivity contribution in [3.63, 3.8) is 0 Å². The van der Waals surface area contributed by atoms with Crippen LogP contribution >= 0.6 is 0 Å². The first kappa shape index (κ1) is 12.5. The van der Waals surface area contributed by atoms with Crippen LogP contribution in [-0.4, -0.2) is 28.7 Å². The van der Waals surface area contributed by atoms with Crippen LogP contribution < -0.4 is 10.1 Å². The van der Waals surface area contributed by atoms with Crippen molar-refractivity contribution < 1.29 is 14.6 Å². The van der Waals surface area contributed by atoms with Crippen LogP contribution in [0.1, 0.15) is 15.9 Å². The molecule has 0 amide bonds. The number of fused-ring (bicyclic) bond motifs is 1. The van der Waals surface area contributed by atoms with E-state index in [9.17, 15) is 4.79 Å². The smallest absolute Gasteiger partial charge is 0.335 e. The summed E-state index contributed by atoms with van der Waals surface area (Å²) in [5.41, 5.74) is 1.42. The first-order valence-corrected chi connectivity index (χ1v) is 6.40. The molecule has 5 nitrogen and oxygen atoms in total. The zero-order chi connectivity index (χ0) is 13.9. The molecule has 20 heavy (non-hydrogen) atoms. The molecule has 102 valence electrons. The monoisotopic (exact) mass is 270 g/mol. The molecular weight excluding hydrogens is 256 g/mol. The number of aromatic carboxylic acids is 1. The van der Waals surface area contributed by atoms with Gasteiger partial charge in [-0.3, -0.25) is 0 Å². The average Bonchev–Trinajstić information content (AvgIpc) is 2.88. The molecule has 1 aromatic heterocycles. The Morgan fingerprint density at radius 2 is 2.25 bits per heavy atom. The van der Waals surface area contributed by atoms with Crippen molar-refractivity contribution in [3.05, 3.63) is 53.7 Å². The van der Waals surface area contributed by atoms with Crippen LogP contribution in [0.25, 0.3) is 0 Å². The number of hydrogen-bond acceptors (Lipinski definition) is 4. The highest BCUT2D eigenvalue weighted by molar-refractivity contribution is 5.88. The Morgan fingerprint density at radius 3 is 3.05 bits per heavy atom.